The average Bonchev–Trinajstić information content (AvgIpc) is 3.12. The lowest BCUT2D eigenvalue weighted by Gasteiger charge is -2.36. The molecule has 2 fully saturated rings. The maximum atomic E-state index is 13.2. The van der Waals surface area contributed by atoms with Crippen LogP contribution in [0.25, 0.3) is 0 Å². The zero-order valence-corrected chi connectivity index (χ0v) is 13.4. The van der Waals surface area contributed by atoms with Gasteiger partial charge in [-0.3, -0.25) is 0 Å². The molecular formula is C16H16F6N2O2. The van der Waals surface area contributed by atoms with Crippen LogP contribution >= 0.6 is 0 Å². The number of aliphatic hydroxyl groups excluding tert-OH is 1. The standard InChI is InChI=1S/C16H16F6N2O2/c17-15(18,19)12-3-10(2-1-8(12)4-23)24-5-9-6-26-7-11(9)13(24)14(25)16(20,21)22/h3,9,11,13-14,25H,1-2,5-7H2/t9-,11+,13+,14?/m1/s1. The number of aliphatic hydroxyl groups is 1. The van der Waals surface area contributed by atoms with Gasteiger partial charge in [-0.05, 0) is 18.9 Å². The Labute approximate surface area is 145 Å². The molecule has 3 rings (SSSR count). The predicted molar refractivity (Wildman–Crippen MR) is 76.4 cm³/mol. The number of halogens is 6. The third kappa shape index (κ3) is 3.30. The Bertz CT molecular complexity index is 676. The third-order valence-corrected chi connectivity index (χ3v) is 5.21. The van der Waals surface area contributed by atoms with Gasteiger partial charge in [-0.1, -0.05) is 0 Å². The van der Waals surface area contributed by atoms with Crippen LogP contribution in [0, 0.1) is 23.2 Å². The summed E-state index contributed by atoms with van der Waals surface area (Å²) in [7, 11) is 0. The van der Waals surface area contributed by atoms with Crippen LogP contribution in [-0.4, -0.2) is 54.3 Å². The zero-order chi connectivity index (χ0) is 19.3. The van der Waals surface area contributed by atoms with E-state index in [-0.39, 0.29) is 44.2 Å². The highest BCUT2D eigenvalue weighted by atomic mass is 19.4. The van der Waals surface area contributed by atoms with Crippen molar-refractivity contribution in [3.05, 3.63) is 22.9 Å². The summed E-state index contributed by atoms with van der Waals surface area (Å²) in [4.78, 5) is 1.23. The molecule has 1 unspecified atom stereocenters. The lowest BCUT2D eigenvalue weighted by atomic mass is 9.90. The topological polar surface area (TPSA) is 56.5 Å². The van der Waals surface area contributed by atoms with Gasteiger partial charge in [0.1, 0.15) is 0 Å². The molecule has 0 radical (unpaired) electrons. The normalized spacial score (nSPS) is 30.9. The summed E-state index contributed by atoms with van der Waals surface area (Å²) < 4.78 is 84.1. The molecule has 2 saturated heterocycles. The second-order valence-electron chi connectivity index (χ2n) is 6.73. The summed E-state index contributed by atoms with van der Waals surface area (Å²) in [5.41, 5.74) is -1.49. The smallest absolute Gasteiger partial charge is 0.382 e. The quantitative estimate of drug-likeness (QED) is 0.747. The molecule has 144 valence electrons. The van der Waals surface area contributed by atoms with Gasteiger partial charge in [0.15, 0.2) is 6.10 Å². The van der Waals surface area contributed by atoms with Crippen LogP contribution in [0.15, 0.2) is 22.9 Å². The average molecular weight is 382 g/mol. The Kier molecular flexibility index (Phi) is 4.73. The summed E-state index contributed by atoms with van der Waals surface area (Å²) in [6, 6.07) is 0.121. The van der Waals surface area contributed by atoms with Crippen molar-refractivity contribution in [1.82, 2.24) is 4.90 Å². The van der Waals surface area contributed by atoms with Crippen LogP contribution in [0.3, 0.4) is 0 Å². The largest absolute Gasteiger partial charge is 0.417 e. The summed E-state index contributed by atoms with van der Waals surface area (Å²) >= 11 is 0. The molecule has 0 saturated carbocycles. The Hall–Kier alpha value is -1.73. The number of rotatable bonds is 2. The van der Waals surface area contributed by atoms with Crippen molar-refractivity contribution in [1.29, 1.82) is 5.26 Å². The van der Waals surface area contributed by atoms with E-state index in [1.807, 2.05) is 0 Å². The van der Waals surface area contributed by atoms with Gasteiger partial charge in [0.25, 0.3) is 0 Å². The highest BCUT2D eigenvalue weighted by Crippen LogP contribution is 2.45. The van der Waals surface area contributed by atoms with Crippen molar-refractivity contribution >= 4 is 0 Å². The molecule has 1 N–H and O–H groups in total. The molecule has 26 heavy (non-hydrogen) atoms. The van der Waals surface area contributed by atoms with E-state index < -0.39 is 41.6 Å². The Balaban J connectivity index is 1.98. The van der Waals surface area contributed by atoms with Gasteiger partial charge in [-0.25, -0.2) is 0 Å². The zero-order valence-electron chi connectivity index (χ0n) is 13.4. The van der Waals surface area contributed by atoms with Gasteiger partial charge in [0.2, 0.25) is 0 Å². The summed E-state index contributed by atoms with van der Waals surface area (Å²) in [6.07, 6.45) is -11.8. The first kappa shape index (κ1) is 19.0. The molecular weight excluding hydrogens is 366 g/mol. The van der Waals surface area contributed by atoms with Crippen LogP contribution in [0.4, 0.5) is 26.3 Å². The molecule has 0 amide bonds. The minimum Gasteiger partial charge on any atom is -0.382 e. The van der Waals surface area contributed by atoms with Crippen molar-refractivity contribution in [2.45, 2.75) is 37.3 Å². The lowest BCUT2D eigenvalue weighted by Crippen LogP contribution is -2.50. The van der Waals surface area contributed by atoms with E-state index >= 15 is 0 Å². The number of alkyl halides is 6. The van der Waals surface area contributed by atoms with Gasteiger partial charge in [-0.2, -0.15) is 31.6 Å². The van der Waals surface area contributed by atoms with Gasteiger partial charge in [0, 0.05) is 29.7 Å². The summed E-state index contributed by atoms with van der Waals surface area (Å²) in [5, 5.41) is 18.7. The number of nitriles is 1. The van der Waals surface area contributed by atoms with E-state index in [0.29, 0.717) is 0 Å². The Morgan fingerprint density at radius 2 is 1.88 bits per heavy atom. The fourth-order valence-corrected chi connectivity index (χ4v) is 4.00. The summed E-state index contributed by atoms with van der Waals surface area (Å²) in [6.45, 7) is 0.319. The summed E-state index contributed by atoms with van der Waals surface area (Å²) in [5.74, 6) is -0.892. The lowest BCUT2D eigenvalue weighted by molar-refractivity contribution is -0.221. The van der Waals surface area contributed by atoms with Crippen LogP contribution < -0.4 is 0 Å². The SMILES string of the molecule is N#CC1=C(C(F)(F)F)C=C(N2C[C@@H]3COC[C@@H]3[C@H]2C(O)C(F)(F)F)CC1. The second kappa shape index (κ2) is 6.46. The van der Waals surface area contributed by atoms with Gasteiger partial charge in [-0.15, -0.1) is 0 Å². The molecule has 2 heterocycles. The van der Waals surface area contributed by atoms with Gasteiger partial charge < -0.3 is 14.7 Å². The van der Waals surface area contributed by atoms with E-state index in [2.05, 4.69) is 0 Å². The molecule has 0 bridgehead atoms. The van der Waals surface area contributed by atoms with Crippen molar-refractivity contribution < 1.29 is 36.2 Å². The number of hydrogen-bond donors (Lipinski definition) is 1. The molecule has 4 nitrogen and oxygen atoms in total. The molecule has 0 aromatic rings. The second-order valence-corrected chi connectivity index (χ2v) is 6.73. The van der Waals surface area contributed by atoms with Gasteiger partial charge >= 0.3 is 12.4 Å². The molecule has 2 aliphatic heterocycles. The minimum absolute atomic E-state index is 0.0177. The molecule has 1 aliphatic carbocycles. The van der Waals surface area contributed by atoms with E-state index in [0.717, 1.165) is 6.08 Å². The van der Waals surface area contributed by atoms with E-state index in [9.17, 15) is 31.4 Å². The molecule has 0 spiro atoms. The third-order valence-electron chi connectivity index (χ3n) is 5.21. The maximum Gasteiger partial charge on any atom is 0.417 e. The molecule has 10 heteroatoms. The van der Waals surface area contributed by atoms with Gasteiger partial charge in [0.05, 0.1) is 30.9 Å². The molecule has 0 aromatic carbocycles. The predicted octanol–water partition coefficient (Wildman–Crippen LogP) is 2.92. The van der Waals surface area contributed by atoms with Crippen LogP contribution in [0.1, 0.15) is 12.8 Å². The van der Waals surface area contributed by atoms with Crippen molar-refractivity contribution in [3.63, 3.8) is 0 Å². The number of nitrogens with zero attached hydrogens (tertiary/aromatic N) is 2. The van der Waals surface area contributed by atoms with Crippen molar-refractivity contribution in [2.24, 2.45) is 11.8 Å². The molecule has 4 atom stereocenters. The first-order valence-corrected chi connectivity index (χ1v) is 8.04. The number of hydrogen-bond acceptors (Lipinski definition) is 4. The molecule has 0 aromatic heterocycles. The van der Waals surface area contributed by atoms with Crippen molar-refractivity contribution in [2.75, 3.05) is 19.8 Å². The number of allylic oxidation sites excluding steroid dienone is 4. The Morgan fingerprint density at radius 1 is 1.19 bits per heavy atom. The number of fused-ring (bicyclic) bond motifs is 1. The first-order valence-electron chi connectivity index (χ1n) is 8.04. The number of ether oxygens (including phenoxy) is 1. The van der Waals surface area contributed by atoms with Crippen molar-refractivity contribution in [3.8, 4) is 6.07 Å². The highest BCUT2D eigenvalue weighted by molar-refractivity contribution is 5.43. The van der Waals surface area contributed by atoms with E-state index in [1.54, 1.807) is 0 Å². The fourth-order valence-electron chi connectivity index (χ4n) is 4.00. The molecule has 3 aliphatic rings. The van der Waals surface area contributed by atoms with E-state index in [1.165, 1.54) is 11.0 Å². The fraction of sp³-hybridized carbons (Fsp3) is 0.688. The number of likely N-dealkylation sites (tertiary alicyclic amines) is 1. The monoisotopic (exact) mass is 382 g/mol. The van der Waals surface area contributed by atoms with Crippen LogP contribution in [0.5, 0.6) is 0 Å². The minimum atomic E-state index is -4.89. The highest BCUT2D eigenvalue weighted by Gasteiger charge is 2.56. The van der Waals surface area contributed by atoms with Crippen LogP contribution in [0.2, 0.25) is 0 Å². The first-order chi connectivity index (χ1) is 12.0. The van der Waals surface area contributed by atoms with Crippen LogP contribution in [-0.2, 0) is 4.74 Å². The van der Waals surface area contributed by atoms with E-state index in [4.69, 9.17) is 10.00 Å². The Morgan fingerprint density at radius 3 is 2.46 bits per heavy atom. The maximum absolute atomic E-state index is 13.2.